The van der Waals surface area contributed by atoms with E-state index in [1.165, 1.54) is 5.56 Å². The normalized spacial score (nSPS) is 13.2. The molecule has 20 heavy (non-hydrogen) atoms. The number of aromatic hydroxyl groups is 1. The van der Waals surface area contributed by atoms with Crippen LogP contribution in [-0.4, -0.2) is 17.6 Å². The lowest BCUT2D eigenvalue weighted by Crippen LogP contribution is -2.15. The van der Waals surface area contributed by atoms with Crippen molar-refractivity contribution in [1.82, 2.24) is 0 Å². The number of phenolic OH excluding ortho intramolecular Hbond substituents is 1. The van der Waals surface area contributed by atoms with E-state index in [2.05, 4.69) is 10.6 Å². The topological polar surface area (TPSA) is 61.4 Å². The van der Waals surface area contributed by atoms with Crippen LogP contribution >= 0.6 is 0 Å². The fourth-order valence-electron chi connectivity index (χ4n) is 2.39. The van der Waals surface area contributed by atoms with Crippen molar-refractivity contribution in [3.63, 3.8) is 0 Å². The third-order valence-electron chi connectivity index (χ3n) is 3.46. The summed E-state index contributed by atoms with van der Waals surface area (Å²) in [6, 6.07) is 12.4. The second-order valence-corrected chi connectivity index (χ2v) is 4.87. The number of rotatable bonds is 2. The molecule has 3 N–H and O–H groups in total. The predicted molar refractivity (Wildman–Crippen MR) is 79.3 cm³/mol. The number of nitrogens with one attached hydrogen (secondary N) is 2. The lowest BCUT2D eigenvalue weighted by Gasteiger charge is -2.18. The van der Waals surface area contributed by atoms with E-state index in [0.717, 1.165) is 25.1 Å². The first-order valence-electron chi connectivity index (χ1n) is 6.70. The molecule has 0 aliphatic carbocycles. The van der Waals surface area contributed by atoms with Gasteiger partial charge in [0.05, 0.1) is 5.69 Å². The first-order chi connectivity index (χ1) is 9.74. The number of anilines is 2. The maximum atomic E-state index is 12.2. The van der Waals surface area contributed by atoms with Crippen LogP contribution < -0.4 is 10.6 Å². The van der Waals surface area contributed by atoms with E-state index in [4.69, 9.17) is 0 Å². The first-order valence-corrected chi connectivity index (χ1v) is 6.70. The second-order valence-electron chi connectivity index (χ2n) is 4.87. The average Bonchev–Trinajstić information content (AvgIpc) is 2.49. The maximum Gasteiger partial charge on any atom is 0.255 e. The van der Waals surface area contributed by atoms with Crippen molar-refractivity contribution in [1.29, 1.82) is 0 Å². The molecule has 3 rings (SSSR count). The highest BCUT2D eigenvalue weighted by atomic mass is 16.3. The summed E-state index contributed by atoms with van der Waals surface area (Å²) in [5, 5.41) is 15.7. The van der Waals surface area contributed by atoms with Gasteiger partial charge in [-0.25, -0.2) is 0 Å². The Kier molecular flexibility index (Phi) is 3.29. The smallest absolute Gasteiger partial charge is 0.255 e. The van der Waals surface area contributed by atoms with E-state index in [1.54, 1.807) is 30.3 Å². The number of phenols is 1. The van der Waals surface area contributed by atoms with E-state index in [-0.39, 0.29) is 11.7 Å². The Hall–Kier alpha value is -2.49. The molecule has 4 heteroatoms. The lowest BCUT2D eigenvalue weighted by molar-refractivity contribution is 0.102. The predicted octanol–water partition coefficient (Wildman–Crippen LogP) is 3.00. The summed E-state index contributed by atoms with van der Waals surface area (Å²) in [5.41, 5.74) is 3.31. The van der Waals surface area contributed by atoms with Gasteiger partial charge in [0.1, 0.15) is 5.75 Å². The van der Waals surface area contributed by atoms with Crippen LogP contribution in [0.1, 0.15) is 22.3 Å². The molecule has 0 aromatic heterocycles. The number of hydrogen-bond acceptors (Lipinski definition) is 3. The Morgan fingerprint density at radius 1 is 1.20 bits per heavy atom. The highest BCUT2D eigenvalue weighted by molar-refractivity contribution is 6.05. The Bertz CT molecular complexity index is 653. The number of fused-ring (bicyclic) bond motifs is 1. The number of benzene rings is 2. The van der Waals surface area contributed by atoms with Gasteiger partial charge in [-0.1, -0.05) is 12.1 Å². The van der Waals surface area contributed by atoms with E-state index >= 15 is 0 Å². The average molecular weight is 268 g/mol. The van der Waals surface area contributed by atoms with Crippen molar-refractivity contribution in [2.45, 2.75) is 12.8 Å². The number of amides is 1. The van der Waals surface area contributed by atoms with E-state index in [0.29, 0.717) is 11.3 Å². The number of aryl methyl sites for hydroxylation is 1. The summed E-state index contributed by atoms with van der Waals surface area (Å²) >= 11 is 0. The zero-order valence-corrected chi connectivity index (χ0v) is 11.0. The first kappa shape index (κ1) is 12.5. The molecule has 0 saturated carbocycles. The number of carbonyl (C=O) groups excluding carboxylic acids is 1. The van der Waals surface area contributed by atoms with Crippen molar-refractivity contribution < 1.29 is 9.90 Å². The van der Waals surface area contributed by atoms with Crippen LogP contribution in [0.4, 0.5) is 11.4 Å². The molecule has 0 saturated heterocycles. The van der Waals surface area contributed by atoms with Gasteiger partial charge < -0.3 is 15.7 Å². The molecule has 0 atom stereocenters. The van der Waals surface area contributed by atoms with E-state index < -0.39 is 0 Å². The van der Waals surface area contributed by atoms with Gasteiger partial charge in [-0.3, -0.25) is 4.79 Å². The minimum absolute atomic E-state index is 0.0699. The van der Waals surface area contributed by atoms with Gasteiger partial charge in [0, 0.05) is 17.8 Å². The molecule has 4 nitrogen and oxygen atoms in total. The monoisotopic (exact) mass is 268 g/mol. The summed E-state index contributed by atoms with van der Waals surface area (Å²) in [5.74, 6) is -0.139. The van der Waals surface area contributed by atoms with Gasteiger partial charge in [0.2, 0.25) is 0 Å². The van der Waals surface area contributed by atoms with Gasteiger partial charge in [-0.15, -0.1) is 0 Å². The molecular formula is C16H16N2O2. The fraction of sp³-hybridized carbons (Fsp3) is 0.188. The Morgan fingerprint density at radius 2 is 2.05 bits per heavy atom. The minimum Gasteiger partial charge on any atom is -0.506 e. The molecule has 1 heterocycles. The van der Waals surface area contributed by atoms with Crippen molar-refractivity contribution in [3.8, 4) is 5.75 Å². The number of carbonyl (C=O) groups is 1. The van der Waals surface area contributed by atoms with Crippen LogP contribution in [0.15, 0.2) is 42.5 Å². The van der Waals surface area contributed by atoms with Crippen molar-refractivity contribution in [2.24, 2.45) is 0 Å². The SMILES string of the molecule is O=C(Nc1ccccc1O)c1ccc2c(c1)CCCN2. The van der Waals surface area contributed by atoms with Gasteiger partial charge in [0.25, 0.3) is 5.91 Å². The molecule has 0 radical (unpaired) electrons. The van der Waals surface area contributed by atoms with Gasteiger partial charge in [0.15, 0.2) is 0 Å². The molecule has 102 valence electrons. The summed E-state index contributed by atoms with van der Waals surface area (Å²) < 4.78 is 0. The summed E-state index contributed by atoms with van der Waals surface area (Å²) in [7, 11) is 0. The number of hydrogen-bond donors (Lipinski definition) is 3. The van der Waals surface area contributed by atoms with Crippen LogP contribution in [0.3, 0.4) is 0 Å². The van der Waals surface area contributed by atoms with Crippen LogP contribution in [0.25, 0.3) is 0 Å². The van der Waals surface area contributed by atoms with Gasteiger partial charge in [-0.2, -0.15) is 0 Å². The molecule has 0 fully saturated rings. The largest absolute Gasteiger partial charge is 0.506 e. The molecule has 0 bridgehead atoms. The van der Waals surface area contributed by atoms with Crippen LogP contribution in [-0.2, 0) is 6.42 Å². The molecule has 0 unspecified atom stereocenters. The molecule has 1 aliphatic rings. The standard InChI is InChI=1S/C16H16N2O2/c19-15-6-2-1-5-14(15)18-16(20)12-7-8-13-11(10-12)4-3-9-17-13/h1-2,5-8,10,17,19H,3-4,9H2,(H,18,20). The zero-order valence-electron chi connectivity index (χ0n) is 11.0. The fourth-order valence-corrected chi connectivity index (χ4v) is 2.39. The summed E-state index contributed by atoms with van der Waals surface area (Å²) in [4.78, 5) is 12.2. The third-order valence-corrected chi connectivity index (χ3v) is 3.46. The summed E-state index contributed by atoms with van der Waals surface area (Å²) in [6.45, 7) is 0.983. The molecule has 1 aliphatic heterocycles. The van der Waals surface area contributed by atoms with E-state index in [9.17, 15) is 9.90 Å². The minimum atomic E-state index is -0.208. The Labute approximate surface area is 117 Å². The highest BCUT2D eigenvalue weighted by Gasteiger charge is 2.13. The highest BCUT2D eigenvalue weighted by Crippen LogP contribution is 2.25. The van der Waals surface area contributed by atoms with E-state index in [1.807, 2.05) is 12.1 Å². The van der Waals surface area contributed by atoms with Crippen molar-refractivity contribution in [2.75, 3.05) is 17.2 Å². The van der Waals surface area contributed by atoms with Crippen LogP contribution in [0.2, 0.25) is 0 Å². The lowest BCUT2D eigenvalue weighted by atomic mass is 10.0. The van der Waals surface area contributed by atoms with Crippen LogP contribution in [0.5, 0.6) is 5.75 Å². The maximum absolute atomic E-state index is 12.2. The Balaban J connectivity index is 1.82. The Morgan fingerprint density at radius 3 is 2.90 bits per heavy atom. The van der Waals surface area contributed by atoms with Crippen molar-refractivity contribution >= 4 is 17.3 Å². The van der Waals surface area contributed by atoms with Gasteiger partial charge in [-0.05, 0) is 48.7 Å². The quantitative estimate of drug-likeness (QED) is 0.734. The van der Waals surface area contributed by atoms with Crippen LogP contribution in [0, 0.1) is 0 Å². The molecule has 1 amide bonds. The summed E-state index contributed by atoms with van der Waals surface area (Å²) in [6.07, 6.45) is 2.07. The zero-order chi connectivity index (χ0) is 13.9. The van der Waals surface area contributed by atoms with Crippen molar-refractivity contribution in [3.05, 3.63) is 53.6 Å². The molecule has 0 spiro atoms. The molecular weight excluding hydrogens is 252 g/mol. The third kappa shape index (κ3) is 2.45. The molecule has 2 aromatic rings. The number of para-hydroxylation sites is 2. The second kappa shape index (κ2) is 5.25. The van der Waals surface area contributed by atoms with Gasteiger partial charge >= 0.3 is 0 Å². The molecule has 2 aromatic carbocycles.